The zero-order chi connectivity index (χ0) is 20.8. The Morgan fingerprint density at radius 1 is 1.24 bits per heavy atom. The van der Waals surface area contributed by atoms with Gasteiger partial charge in [-0.05, 0) is 30.5 Å². The van der Waals surface area contributed by atoms with Crippen LogP contribution in [0.15, 0.2) is 35.8 Å². The van der Waals surface area contributed by atoms with Gasteiger partial charge in [-0.25, -0.2) is 4.98 Å². The van der Waals surface area contributed by atoms with Gasteiger partial charge in [0.25, 0.3) is 0 Å². The van der Waals surface area contributed by atoms with E-state index in [4.69, 9.17) is 11.6 Å². The van der Waals surface area contributed by atoms with Gasteiger partial charge in [0.05, 0.1) is 26.4 Å². The SMILES string of the molecule is CC1(C(=O)Nc2c(-c3ccccc3C#C[Si](C)(C)C)cc3ncsc3c2Cl)CC1. The summed E-state index contributed by atoms with van der Waals surface area (Å²) in [6.07, 6.45) is 1.82. The highest BCUT2D eigenvalue weighted by molar-refractivity contribution is 7.17. The van der Waals surface area contributed by atoms with E-state index in [-0.39, 0.29) is 11.3 Å². The van der Waals surface area contributed by atoms with Crippen molar-refractivity contribution in [1.82, 2.24) is 4.98 Å². The van der Waals surface area contributed by atoms with Crippen molar-refractivity contribution in [3.63, 3.8) is 0 Å². The minimum Gasteiger partial charge on any atom is -0.324 e. The molecule has 2 aromatic carbocycles. The van der Waals surface area contributed by atoms with Crippen LogP contribution in [0.1, 0.15) is 25.3 Å². The number of amides is 1. The number of carbonyl (C=O) groups is 1. The Hall–Kier alpha value is -2.13. The van der Waals surface area contributed by atoms with Crippen LogP contribution in [0.5, 0.6) is 0 Å². The van der Waals surface area contributed by atoms with Crippen LogP contribution in [-0.2, 0) is 4.79 Å². The smallest absolute Gasteiger partial charge is 0.230 e. The van der Waals surface area contributed by atoms with Crippen LogP contribution in [0.4, 0.5) is 5.69 Å². The lowest BCUT2D eigenvalue weighted by molar-refractivity contribution is -0.120. The fourth-order valence-electron chi connectivity index (χ4n) is 3.06. The summed E-state index contributed by atoms with van der Waals surface area (Å²) in [5, 5.41) is 3.68. The maximum atomic E-state index is 12.8. The Morgan fingerprint density at radius 2 is 1.97 bits per heavy atom. The van der Waals surface area contributed by atoms with Gasteiger partial charge >= 0.3 is 0 Å². The van der Waals surface area contributed by atoms with Gasteiger partial charge in [-0.15, -0.1) is 16.9 Å². The first kappa shape index (κ1) is 20.2. The quantitative estimate of drug-likeness (QED) is 0.370. The predicted molar refractivity (Wildman–Crippen MR) is 126 cm³/mol. The third-order valence-corrected chi connectivity index (χ3v) is 7.37. The molecule has 0 radical (unpaired) electrons. The maximum Gasteiger partial charge on any atom is 0.230 e. The molecule has 1 fully saturated rings. The highest BCUT2D eigenvalue weighted by atomic mass is 35.5. The van der Waals surface area contributed by atoms with E-state index in [1.54, 1.807) is 5.51 Å². The second-order valence-corrected chi connectivity index (χ2v) is 14.9. The monoisotopic (exact) mass is 438 g/mol. The molecule has 3 nitrogen and oxygen atoms in total. The van der Waals surface area contributed by atoms with Gasteiger partial charge < -0.3 is 5.32 Å². The number of rotatable bonds is 3. The largest absolute Gasteiger partial charge is 0.324 e. The summed E-state index contributed by atoms with van der Waals surface area (Å²) in [5.74, 6) is 3.40. The summed E-state index contributed by atoms with van der Waals surface area (Å²) in [4.78, 5) is 17.3. The molecule has 6 heteroatoms. The van der Waals surface area contributed by atoms with Crippen molar-refractivity contribution in [2.75, 3.05) is 5.32 Å². The van der Waals surface area contributed by atoms with Crippen molar-refractivity contribution in [3.8, 4) is 22.6 Å². The Bertz CT molecular complexity index is 1180. The van der Waals surface area contributed by atoms with Crippen LogP contribution in [0, 0.1) is 16.9 Å². The zero-order valence-electron chi connectivity index (χ0n) is 17.0. The molecule has 148 valence electrons. The van der Waals surface area contributed by atoms with Crippen LogP contribution in [0.25, 0.3) is 21.3 Å². The number of carbonyl (C=O) groups excluding carboxylic acids is 1. The lowest BCUT2D eigenvalue weighted by Crippen LogP contribution is -2.22. The summed E-state index contributed by atoms with van der Waals surface area (Å²) in [7, 11) is -1.53. The number of thiazole rings is 1. The molecular weight excluding hydrogens is 416 g/mol. The first-order valence-electron chi connectivity index (χ1n) is 9.68. The minimum atomic E-state index is -1.53. The molecular formula is C23H23ClN2OSSi. The topological polar surface area (TPSA) is 42.0 Å². The highest BCUT2D eigenvalue weighted by Crippen LogP contribution is 2.48. The Labute approximate surface area is 181 Å². The number of benzene rings is 2. The average molecular weight is 439 g/mol. The second kappa shape index (κ2) is 7.28. The van der Waals surface area contributed by atoms with Crippen molar-refractivity contribution in [1.29, 1.82) is 0 Å². The minimum absolute atomic E-state index is 0.0233. The molecule has 0 bridgehead atoms. The Morgan fingerprint density at radius 3 is 2.66 bits per heavy atom. The van der Waals surface area contributed by atoms with E-state index in [0.29, 0.717) is 10.7 Å². The van der Waals surface area contributed by atoms with E-state index in [1.165, 1.54) is 11.3 Å². The molecule has 29 heavy (non-hydrogen) atoms. The number of nitrogens with one attached hydrogen (secondary N) is 1. The molecule has 4 rings (SSSR count). The second-order valence-electron chi connectivity index (χ2n) is 8.87. The predicted octanol–water partition coefficient (Wildman–Crippen LogP) is 6.58. The number of nitrogens with zero attached hydrogens (tertiary/aromatic N) is 1. The summed E-state index contributed by atoms with van der Waals surface area (Å²) in [6, 6.07) is 10.0. The fourth-order valence-corrected chi connectivity index (χ4v) is 4.66. The van der Waals surface area contributed by atoms with Gasteiger partial charge in [-0.1, -0.05) is 62.3 Å². The van der Waals surface area contributed by atoms with E-state index < -0.39 is 8.07 Å². The lowest BCUT2D eigenvalue weighted by Gasteiger charge is -2.17. The van der Waals surface area contributed by atoms with Crippen LogP contribution in [-0.4, -0.2) is 19.0 Å². The molecule has 0 spiro atoms. The van der Waals surface area contributed by atoms with Gasteiger partial charge in [-0.3, -0.25) is 4.79 Å². The summed E-state index contributed by atoms with van der Waals surface area (Å²) in [5.41, 5.74) is 9.19. The normalized spacial score (nSPS) is 14.9. The van der Waals surface area contributed by atoms with Crippen molar-refractivity contribution in [3.05, 3.63) is 46.4 Å². The molecule has 3 aromatic rings. The van der Waals surface area contributed by atoms with Crippen LogP contribution < -0.4 is 5.32 Å². The Balaban J connectivity index is 1.90. The number of anilines is 1. The summed E-state index contributed by atoms with van der Waals surface area (Å²) >= 11 is 8.26. The van der Waals surface area contributed by atoms with Crippen molar-refractivity contribution in [2.45, 2.75) is 39.4 Å². The van der Waals surface area contributed by atoms with E-state index in [9.17, 15) is 4.79 Å². The summed E-state index contributed by atoms with van der Waals surface area (Å²) in [6.45, 7) is 8.67. The Kier molecular flexibility index (Phi) is 5.06. The molecule has 1 N–H and O–H groups in total. The van der Waals surface area contributed by atoms with E-state index in [1.807, 2.05) is 37.3 Å². The average Bonchev–Trinajstić information content (AvgIpc) is 3.24. The van der Waals surface area contributed by atoms with E-state index in [2.05, 4.69) is 41.4 Å². The third kappa shape index (κ3) is 4.11. The molecule has 0 saturated heterocycles. The fraction of sp³-hybridized carbons (Fsp3) is 0.304. The van der Waals surface area contributed by atoms with Crippen LogP contribution in [0.2, 0.25) is 24.7 Å². The van der Waals surface area contributed by atoms with Crippen molar-refractivity contribution >= 4 is 52.8 Å². The molecule has 1 saturated carbocycles. The van der Waals surface area contributed by atoms with Gasteiger partial charge in [0.15, 0.2) is 0 Å². The molecule has 1 aliphatic carbocycles. The number of halogens is 1. The van der Waals surface area contributed by atoms with Crippen LogP contribution >= 0.6 is 22.9 Å². The molecule has 1 amide bonds. The molecule has 1 aliphatic rings. The molecule has 0 unspecified atom stereocenters. The zero-order valence-corrected chi connectivity index (χ0v) is 19.6. The molecule has 1 aromatic heterocycles. The first-order valence-corrected chi connectivity index (χ1v) is 14.4. The lowest BCUT2D eigenvalue weighted by atomic mass is 9.97. The molecule has 1 heterocycles. The van der Waals surface area contributed by atoms with Crippen molar-refractivity contribution < 1.29 is 4.79 Å². The summed E-state index contributed by atoms with van der Waals surface area (Å²) < 4.78 is 0.886. The standard InChI is InChI=1S/C23H23ClN2OSSi/c1-23(10-11-23)22(27)26-20-17(13-18-21(19(20)24)28-14-25-18)16-8-6-5-7-15(16)9-12-29(2,3)4/h5-8,13-14H,10-11H2,1-4H3,(H,26,27). The maximum absolute atomic E-state index is 12.8. The van der Waals surface area contributed by atoms with Crippen LogP contribution in [0.3, 0.4) is 0 Å². The number of hydrogen-bond acceptors (Lipinski definition) is 3. The van der Waals surface area contributed by atoms with E-state index in [0.717, 1.165) is 39.7 Å². The van der Waals surface area contributed by atoms with Gasteiger partial charge in [-0.2, -0.15) is 0 Å². The van der Waals surface area contributed by atoms with Gasteiger partial charge in [0, 0.05) is 16.5 Å². The number of fused-ring (bicyclic) bond motifs is 1. The molecule has 0 atom stereocenters. The van der Waals surface area contributed by atoms with Gasteiger partial charge in [0.2, 0.25) is 5.91 Å². The third-order valence-electron chi connectivity index (χ3n) is 5.14. The van der Waals surface area contributed by atoms with Gasteiger partial charge in [0.1, 0.15) is 8.07 Å². The number of hydrogen-bond donors (Lipinski definition) is 1. The van der Waals surface area contributed by atoms with Crippen molar-refractivity contribution in [2.24, 2.45) is 5.41 Å². The molecule has 0 aliphatic heterocycles. The van der Waals surface area contributed by atoms with E-state index >= 15 is 0 Å². The first-order chi connectivity index (χ1) is 13.7. The number of aromatic nitrogens is 1. The highest BCUT2D eigenvalue weighted by Gasteiger charge is 2.45.